The third-order valence-corrected chi connectivity index (χ3v) is 5.30. The van der Waals surface area contributed by atoms with Crippen LogP contribution in [-0.2, 0) is 9.53 Å². The zero-order valence-corrected chi connectivity index (χ0v) is 16.9. The number of carbonyl (C=O) groups is 2. The van der Waals surface area contributed by atoms with Crippen molar-refractivity contribution in [2.45, 2.75) is 31.7 Å². The lowest BCUT2D eigenvalue weighted by Gasteiger charge is -2.41. The Kier molecular flexibility index (Phi) is 6.99. The van der Waals surface area contributed by atoms with Gasteiger partial charge in [0.15, 0.2) is 0 Å². The average molecular weight is 398 g/mol. The van der Waals surface area contributed by atoms with Crippen LogP contribution in [0.4, 0.5) is 4.39 Å². The van der Waals surface area contributed by atoms with Gasteiger partial charge in [-0.15, -0.1) is 0 Å². The summed E-state index contributed by atoms with van der Waals surface area (Å²) in [5.41, 5.74) is 1.95. The van der Waals surface area contributed by atoms with Gasteiger partial charge in [-0.25, -0.2) is 4.39 Å². The molecule has 2 aromatic carbocycles. The van der Waals surface area contributed by atoms with Crippen molar-refractivity contribution < 1.29 is 18.7 Å². The van der Waals surface area contributed by atoms with Crippen molar-refractivity contribution in [3.05, 3.63) is 71.0 Å². The van der Waals surface area contributed by atoms with E-state index in [1.807, 2.05) is 12.1 Å². The first kappa shape index (κ1) is 21.0. The van der Waals surface area contributed by atoms with Gasteiger partial charge in [-0.05, 0) is 35.7 Å². The van der Waals surface area contributed by atoms with Gasteiger partial charge in [-0.2, -0.15) is 0 Å². The molecule has 154 valence electrons. The van der Waals surface area contributed by atoms with E-state index in [-0.39, 0.29) is 17.6 Å². The Morgan fingerprint density at radius 2 is 1.90 bits per heavy atom. The molecule has 5 nitrogen and oxygen atoms in total. The first-order valence-corrected chi connectivity index (χ1v) is 10.0. The summed E-state index contributed by atoms with van der Waals surface area (Å²) < 4.78 is 18.8. The largest absolute Gasteiger partial charge is 0.383 e. The number of benzene rings is 2. The van der Waals surface area contributed by atoms with Crippen molar-refractivity contribution >= 4 is 11.8 Å². The third kappa shape index (κ3) is 4.48. The Morgan fingerprint density at radius 3 is 2.59 bits per heavy atom. The zero-order valence-electron chi connectivity index (χ0n) is 16.9. The van der Waals surface area contributed by atoms with Gasteiger partial charge < -0.3 is 15.0 Å². The predicted molar refractivity (Wildman–Crippen MR) is 109 cm³/mol. The van der Waals surface area contributed by atoms with E-state index < -0.39 is 12.0 Å². The second-order valence-corrected chi connectivity index (χ2v) is 7.20. The predicted octanol–water partition coefficient (Wildman–Crippen LogP) is 3.67. The van der Waals surface area contributed by atoms with E-state index in [1.165, 1.54) is 12.1 Å². The molecule has 3 rings (SSSR count). The van der Waals surface area contributed by atoms with Crippen LogP contribution in [-0.4, -0.2) is 43.5 Å². The van der Waals surface area contributed by atoms with Crippen LogP contribution in [0.2, 0.25) is 0 Å². The zero-order chi connectivity index (χ0) is 20.8. The number of hydrogen-bond acceptors (Lipinski definition) is 3. The fourth-order valence-corrected chi connectivity index (χ4v) is 3.84. The van der Waals surface area contributed by atoms with E-state index in [0.717, 1.165) is 18.4 Å². The van der Waals surface area contributed by atoms with E-state index >= 15 is 0 Å². The van der Waals surface area contributed by atoms with Crippen LogP contribution in [0.3, 0.4) is 0 Å². The number of nitrogens with one attached hydrogen (secondary N) is 1. The average Bonchev–Trinajstić information content (AvgIpc) is 2.73. The highest BCUT2D eigenvalue weighted by Crippen LogP contribution is 2.42. The molecule has 6 heteroatoms. The lowest BCUT2D eigenvalue weighted by atomic mass is 9.79. The number of fused-ring (bicyclic) bond motifs is 1. The van der Waals surface area contributed by atoms with Crippen LogP contribution < -0.4 is 5.32 Å². The summed E-state index contributed by atoms with van der Waals surface area (Å²) in [5, 5.41) is 3.01. The Morgan fingerprint density at radius 1 is 1.17 bits per heavy atom. The Labute approximate surface area is 170 Å². The molecule has 0 aliphatic carbocycles. The minimum Gasteiger partial charge on any atom is -0.383 e. The summed E-state index contributed by atoms with van der Waals surface area (Å²) >= 11 is 0. The molecule has 0 spiro atoms. The molecule has 1 aliphatic rings. The van der Waals surface area contributed by atoms with Crippen molar-refractivity contribution in [3.8, 4) is 0 Å². The Balaban J connectivity index is 2.09. The minimum absolute atomic E-state index is 0.129. The number of hydrogen-bond donors (Lipinski definition) is 1. The van der Waals surface area contributed by atoms with Gasteiger partial charge in [-0.1, -0.05) is 43.7 Å². The summed E-state index contributed by atoms with van der Waals surface area (Å²) in [4.78, 5) is 28.2. The van der Waals surface area contributed by atoms with Gasteiger partial charge in [0.1, 0.15) is 5.82 Å². The number of ether oxygens (including phenoxy) is 1. The molecule has 2 amide bonds. The van der Waals surface area contributed by atoms with E-state index in [2.05, 4.69) is 12.2 Å². The molecular weight excluding hydrogens is 371 g/mol. The van der Waals surface area contributed by atoms with Crippen molar-refractivity contribution in [2.24, 2.45) is 0 Å². The van der Waals surface area contributed by atoms with Crippen molar-refractivity contribution in [3.63, 3.8) is 0 Å². The summed E-state index contributed by atoms with van der Waals surface area (Å²) in [5.74, 6) is -1.22. The van der Waals surface area contributed by atoms with Gasteiger partial charge >= 0.3 is 0 Å². The van der Waals surface area contributed by atoms with Gasteiger partial charge in [-0.3, -0.25) is 9.59 Å². The molecule has 0 saturated heterocycles. The van der Waals surface area contributed by atoms with Crippen molar-refractivity contribution in [2.75, 3.05) is 26.8 Å². The first-order valence-electron chi connectivity index (χ1n) is 10.0. The van der Waals surface area contributed by atoms with Crippen LogP contribution in [0.25, 0.3) is 0 Å². The maximum atomic E-state index is 13.6. The van der Waals surface area contributed by atoms with E-state index in [4.69, 9.17) is 4.74 Å². The molecule has 0 radical (unpaired) electrons. The minimum atomic E-state index is -0.580. The SMILES string of the molecule is CCCCNC(=O)C1c2ccccc2C(=O)N(CCOC)C1c1ccc(F)cc1. The molecular formula is C23H27FN2O3. The number of methoxy groups -OCH3 is 1. The normalized spacial score (nSPS) is 18.4. The molecule has 29 heavy (non-hydrogen) atoms. The van der Waals surface area contributed by atoms with E-state index in [1.54, 1.807) is 36.3 Å². The summed E-state index contributed by atoms with van der Waals surface area (Å²) in [6, 6.07) is 12.7. The molecule has 0 saturated carbocycles. The number of nitrogens with zero attached hydrogens (tertiary/aromatic N) is 1. The van der Waals surface area contributed by atoms with Gasteiger partial charge in [0.25, 0.3) is 5.91 Å². The molecule has 0 fully saturated rings. The highest BCUT2D eigenvalue weighted by molar-refractivity contribution is 6.01. The third-order valence-electron chi connectivity index (χ3n) is 5.30. The van der Waals surface area contributed by atoms with E-state index in [9.17, 15) is 14.0 Å². The fraction of sp³-hybridized carbons (Fsp3) is 0.391. The molecule has 2 unspecified atom stereocenters. The standard InChI is InChI=1S/C23H27FN2O3/c1-3-4-13-25-22(27)20-18-7-5-6-8-19(18)23(28)26(14-15-29-2)21(20)16-9-11-17(24)12-10-16/h5-12,20-21H,3-4,13-15H2,1-2H3,(H,25,27). The molecule has 2 atom stereocenters. The number of amides is 2. The lowest BCUT2D eigenvalue weighted by molar-refractivity contribution is -0.124. The molecule has 0 aromatic heterocycles. The maximum absolute atomic E-state index is 13.6. The second-order valence-electron chi connectivity index (χ2n) is 7.20. The van der Waals surface area contributed by atoms with Gasteiger partial charge in [0.05, 0.1) is 18.6 Å². The number of rotatable bonds is 8. The second kappa shape index (κ2) is 9.65. The number of halogens is 1. The Hall–Kier alpha value is -2.73. The Bertz CT molecular complexity index is 853. The molecule has 1 heterocycles. The van der Waals surface area contributed by atoms with Crippen LogP contribution in [0.5, 0.6) is 0 Å². The quantitative estimate of drug-likeness (QED) is 0.691. The van der Waals surface area contributed by atoms with Crippen molar-refractivity contribution in [1.29, 1.82) is 0 Å². The van der Waals surface area contributed by atoms with Crippen LogP contribution >= 0.6 is 0 Å². The first-order chi connectivity index (χ1) is 14.1. The van der Waals surface area contributed by atoms with Crippen LogP contribution in [0.15, 0.2) is 48.5 Å². The summed E-state index contributed by atoms with van der Waals surface area (Å²) in [6.45, 7) is 3.32. The summed E-state index contributed by atoms with van der Waals surface area (Å²) in [7, 11) is 1.57. The van der Waals surface area contributed by atoms with Crippen molar-refractivity contribution in [1.82, 2.24) is 10.2 Å². The van der Waals surface area contributed by atoms with Gasteiger partial charge in [0.2, 0.25) is 5.91 Å². The maximum Gasteiger partial charge on any atom is 0.254 e. The molecule has 0 bridgehead atoms. The number of carbonyl (C=O) groups excluding carboxylic acids is 2. The van der Waals surface area contributed by atoms with E-state index in [0.29, 0.717) is 30.8 Å². The molecule has 1 aliphatic heterocycles. The molecule has 2 aromatic rings. The fourth-order valence-electron chi connectivity index (χ4n) is 3.84. The van der Waals surface area contributed by atoms with Crippen LogP contribution in [0.1, 0.15) is 53.2 Å². The molecule has 1 N–H and O–H groups in total. The van der Waals surface area contributed by atoms with Crippen LogP contribution in [0, 0.1) is 5.82 Å². The van der Waals surface area contributed by atoms with Gasteiger partial charge in [0, 0.05) is 25.8 Å². The highest BCUT2D eigenvalue weighted by atomic mass is 19.1. The lowest BCUT2D eigenvalue weighted by Crippen LogP contribution is -2.48. The highest BCUT2D eigenvalue weighted by Gasteiger charge is 2.43. The topological polar surface area (TPSA) is 58.6 Å². The summed E-state index contributed by atoms with van der Waals surface area (Å²) in [6.07, 6.45) is 1.86. The number of unbranched alkanes of at least 4 members (excludes halogenated alkanes) is 1. The smallest absolute Gasteiger partial charge is 0.254 e. The monoisotopic (exact) mass is 398 g/mol.